The molecule has 3 rings (SSSR count). The maximum Gasteiger partial charge on any atom is 0.124 e. The Hall–Kier alpha value is -1.19. The van der Waals surface area contributed by atoms with Gasteiger partial charge in [0.25, 0.3) is 0 Å². The van der Waals surface area contributed by atoms with Crippen LogP contribution in [0.1, 0.15) is 23.6 Å². The Bertz CT molecular complexity index is 644. The van der Waals surface area contributed by atoms with Crippen molar-refractivity contribution in [2.45, 2.75) is 19.4 Å². The largest absolute Gasteiger partial charge is 0.493 e. The number of fused-ring (bicyclic) bond motifs is 1. The molecule has 0 saturated carbocycles. The molecule has 1 N–H and O–H groups in total. The van der Waals surface area contributed by atoms with Crippen LogP contribution in [0.3, 0.4) is 0 Å². The second-order valence-electron chi connectivity index (χ2n) is 4.93. The molecule has 1 heterocycles. The van der Waals surface area contributed by atoms with E-state index in [1.807, 2.05) is 31.2 Å². The van der Waals surface area contributed by atoms with Crippen molar-refractivity contribution in [1.82, 2.24) is 0 Å². The molecule has 1 aliphatic rings. The molecule has 0 aromatic heterocycles. The predicted octanol–water partition coefficient (Wildman–Crippen LogP) is 5.35. The van der Waals surface area contributed by atoms with Crippen LogP contribution in [-0.2, 0) is 0 Å². The van der Waals surface area contributed by atoms with E-state index in [-0.39, 0.29) is 6.04 Å². The Morgan fingerprint density at radius 3 is 3.00 bits per heavy atom. The highest BCUT2D eigenvalue weighted by Crippen LogP contribution is 2.37. The molecule has 0 saturated heterocycles. The van der Waals surface area contributed by atoms with E-state index in [0.717, 1.165) is 39.5 Å². The topological polar surface area (TPSA) is 21.3 Å². The van der Waals surface area contributed by atoms with E-state index >= 15 is 0 Å². The molecule has 1 aliphatic heterocycles. The lowest BCUT2D eigenvalue weighted by atomic mass is 10.00. The third-order valence-electron chi connectivity index (χ3n) is 3.61. The van der Waals surface area contributed by atoms with Gasteiger partial charge in [0.05, 0.1) is 12.6 Å². The predicted molar refractivity (Wildman–Crippen MR) is 86.8 cm³/mol. The van der Waals surface area contributed by atoms with E-state index in [0.29, 0.717) is 0 Å². The molecule has 2 aromatic rings. The smallest absolute Gasteiger partial charge is 0.124 e. The highest BCUT2D eigenvalue weighted by molar-refractivity contribution is 9.10. The fourth-order valence-corrected chi connectivity index (χ4v) is 3.02. The van der Waals surface area contributed by atoms with Gasteiger partial charge in [-0.25, -0.2) is 0 Å². The number of hydrogen-bond acceptors (Lipinski definition) is 2. The highest BCUT2D eigenvalue weighted by Gasteiger charge is 2.22. The minimum atomic E-state index is 0.244. The van der Waals surface area contributed by atoms with Crippen LogP contribution in [0.25, 0.3) is 0 Å². The van der Waals surface area contributed by atoms with Gasteiger partial charge in [-0.1, -0.05) is 33.6 Å². The first-order valence-corrected chi connectivity index (χ1v) is 7.76. The third-order valence-corrected chi connectivity index (χ3v) is 4.51. The van der Waals surface area contributed by atoms with Crippen molar-refractivity contribution in [3.8, 4) is 5.75 Å². The van der Waals surface area contributed by atoms with Gasteiger partial charge in [0.15, 0.2) is 0 Å². The van der Waals surface area contributed by atoms with Crippen LogP contribution >= 0.6 is 27.5 Å². The molecule has 2 nitrogen and oxygen atoms in total. The average molecular weight is 353 g/mol. The first-order valence-electron chi connectivity index (χ1n) is 6.59. The van der Waals surface area contributed by atoms with Gasteiger partial charge in [0.1, 0.15) is 5.75 Å². The highest BCUT2D eigenvalue weighted by atomic mass is 79.9. The third kappa shape index (κ3) is 2.65. The molecule has 20 heavy (non-hydrogen) atoms. The molecule has 2 aromatic carbocycles. The van der Waals surface area contributed by atoms with Crippen molar-refractivity contribution in [2.75, 3.05) is 11.9 Å². The Kier molecular flexibility index (Phi) is 3.90. The summed E-state index contributed by atoms with van der Waals surface area (Å²) in [6.07, 6.45) is 0.940. The van der Waals surface area contributed by atoms with Gasteiger partial charge in [-0.3, -0.25) is 0 Å². The molecule has 0 amide bonds. The lowest BCUT2D eigenvalue weighted by Gasteiger charge is -2.28. The molecule has 0 aliphatic carbocycles. The van der Waals surface area contributed by atoms with Crippen LogP contribution in [0, 0.1) is 6.92 Å². The van der Waals surface area contributed by atoms with Crippen molar-refractivity contribution in [2.24, 2.45) is 0 Å². The van der Waals surface area contributed by atoms with Gasteiger partial charge in [0.2, 0.25) is 0 Å². The van der Waals surface area contributed by atoms with Gasteiger partial charge in [-0.05, 0) is 42.8 Å². The zero-order chi connectivity index (χ0) is 14.1. The summed E-state index contributed by atoms with van der Waals surface area (Å²) in [7, 11) is 0. The number of benzene rings is 2. The van der Waals surface area contributed by atoms with Crippen LogP contribution in [-0.4, -0.2) is 6.61 Å². The van der Waals surface area contributed by atoms with Gasteiger partial charge in [-0.15, -0.1) is 0 Å². The molecule has 0 bridgehead atoms. The fraction of sp³-hybridized carbons (Fsp3) is 0.250. The maximum absolute atomic E-state index is 6.18. The number of ether oxygens (including phenoxy) is 1. The van der Waals surface area contributed by atoms with E-state index in [1.165, 1.54) is 5.56 Å². The van der Waals surface area contributed by atoms with Gasteiger partial charge >= 0.3 is 0 Å². The van der Waals surface area contributed by atoms with Crippen molar-refractivity contribution < 1.29 is 4.74 Å². The normalized spacial score (nSPS) is 17.2. The first kappa shape index (κ1) is 13.8. The van der Waals surface area contributed by atoms with Crippen molar-refractivity contribution in [3.05, 3.63) is 57.0 Å². The summed E-state index contributed by atoms with van der Waals surface area (Å²) in [6.45, 7) is 2.76. The van der Waals surface area contributed by atoms with Crippen LogP contribution in [0.2, 0.25) is 5.02 Å². The number of rotatable bonds is 2. The zero-order valence-electron chi connectivity index (χ0n) is 11.1. The molecule has 1 unspecified atom stereocenters. The average Bonchev–Trinajstić information content (AvgIpc) is 2.44. The van der Waals surface area contributed by atoms with Crippen molar-refractivity contribution in [3.63, 3.8) is 0 Å². The van der Waals surface area contributed by atoms with Crippen LogP contribution in [0.4, 0.5) is 5.69 Å². The molecule has 4 heteroatoms. The summed E-state index contributed by atoms with van der Waals surface area (Å²) >= 11 is 9.71. The monoisotopic (exact) mass is 351 g/mol. The number of halogens is 2. The molecule has 0 radical (unpaired) electrons. The fourth-order valence-electron chi connectivity index (χ4n) is 2.47. The molecular formula is C16H15BrClNO. The zero-order valence-corrected chi connectivity index (χ0v) is 13.5. The molecular weight excluding hydrogens is 338 g/mol. The quantitative estimate of drug-likeness (QED) is 0.787. The van der Waals surface area contributed by atoms with E-state index in [9.17, 15) is 0 Å². The van der Waals surface area contributed by atoms with Crippen LogP contribution in [0.5, 0.6) is 5.75 Å². The molecule has 104 valence electrons. The number of hydrogen-bond donors (Lipinski definition) is 1. The summed E-state index contributed by atoms with van der Waals surface area (Å²) in [5.74, 6) is 0.955. The van der Waals surface area contributed by atoms with Crippen LogP contribution < -0.4 is 10.1 Å². The lowest BCUT2D eigenvalue weighted by molar-refractivity contribution is 0.274. The van der Waals surface area contributed by atoms with E-state index < -0.39 is 0 Å². The molecule has 0 spiro atoms. The Morgan fingerprint density at radius 1 is 1.30 bits per heavy atom. The summed E-state index contributed by atoms with van der Waals surface area (Å²) in [6, 6.07) is 12.3. The second-order valence-corrected chi connectivity index (χ2v) is 6.25. The van der Waals surface area contributed by atoms with Crippen molar-refractivity contribution in [1.29, 1.82) is 0 Å². The Balaban J connectivity index is 1.93. The first-order chi connectivity index (χ1) is 9.65. The minimum absolute atomic E-state index is 0.244. The van der Waals surface area contributed by atoms with E-state index in [4.69, 9.17) is 16.3 Å². The summed E-state index contributed by atoms with van der Waals surface area (Å²) in [5.41, 5.74) is 3.34. The molecule has 1 atom stereocenters. The molecule has 0 fully saturated rings. The second kappa shape index (κ2) is 5.66. The van der Waals surface area contributed by atoms with Crippen molar-refractivity contribution >= 4 is 33.2 Å². The summed E-state index contributed by atoms with van der Waals surface area (Å²) in [5, 5.41) is 4.38. The van der Waals surface area contributed by atoms with Gasteiger partial charge < -0.3 is 10.1 Å². The standard InChI is InChI=1S/C16H15BrClNO/c1-10-13(18)3-2-4-14(10)19-15-7-8-20-16-6-5-11(17)9-12(15)16/h2-6,9,15,19H,7-8H2,1H3. The van der Waals surface area contributed by atoms with E-state index in [2.05, 4.69) is 33.4 Å². The maximum atomic E-state index is 6.18. The number of nitrogens with one attached hydrogen (secondary N) is 1. The SMILES string of the molecule is Cc1c(Cl)cccc1NC1CCOc2ccc(Br)cc21. The van der Waals surface area contributed by atoms with E-state index in [1.54, 1.807) is 0 Å². The summed E-state index contributed by atoms with van der Waals surface area (Å²) < 4.78 is 6.78. The number of anilines is 1. The van der Waals surface area contributed by atoms with Gasteiger partial charge in [-0.2, -0.15) is 0 Å². The van der Waals surface area contributed by atoms with Gasteiger partial charge in [0, 0.05) is 27.2 Å². The Morgan fingerprint density at radius 2 is 2.15 bits per heavy atom. The summed E-state index contributed by atoms with van der Waals surface area (Å²) in [4.78, 5) is 0. The van der Waals surface area contributed by atoms with Crippen LogP contribution in [0.15, 0.2) is 40.9 Å². The Labute approximate surface area is 132 Å². The minimum Gasteiger partial charge on any atom is -0.493 e. The lowest BCUT2D eigenvalue weighted by Crippen LogP contribution is -2.20.